The van der Waals surface area contributed by atoms with Crippen LogP contribution in [-0.2, 0) is 27.4 Å². The summed E-state index contributed by atoms with van der Waals surface area (Å²) in [5, 5.41) is 12.0. The zero-order chi connectivity index (χ0) is 34.1. The number of primary amides is 1. The molecule has 1 aromatic carbocycles. The van der Waals surface area contributed by atoms with Crippen molar-refractivity contribution >= 4 is 27.8 Å². The van der Waals surface area contributed by atoms with E-state index in [1.807, 2.05) is 0 Å². The second-order valence-electron chi connectivity index (χ2n) is 13.4. The average Bonchev–Trinajstić information content (AvgIpc) is 3.19. The van der Waals surface area contributed by atoms with Crippen molar-refractivity contribution in [1.82, 2.24) is 14.6 Å². The Hall–Kier alpha value is -3.39. The number of alkyl halides is 3. The van der Waals surface area contributed by atoms with Crippen molar-refractivity contribution in [2.75, 3.05) is 6.54 Å². The van der Waals surface area contributed by atoms with Gasteiger partial charge in [-0.1, -0.05) is 32.1 Å². The van der Waals surface area contributed by atoms with Gasteiger partial charge in [0.25, 0.3) is 11.8 Å². The van der Waals surface area contributed by atoms with E-state index in [2.05, 4.69) is 10.0 Å². The number of aromatic nitrogens is 1. The molecular weight excluding hydrogens is 613 g/mol. The molecule has 0 aliphatic heterocycles. The van der Waals surface area contributed by atoms with Crippen LogP contribution in [0.3, 0.4) is 0 Å². The van der Waals surface area contributed by atoms with Crippen LogP contribution in [0.4, 0.5) is 13.2 Å². The van der Waals surface area contributed by atoms with Crippen molar-refractivity contribution in [3.8, 4) is 5.69 Å². The molecule has 45 heavy (non-hydrogen) atoms. The molecule has 5 N–H and O–H groups in total. The topological polar surface area (TPSA) is 161 Å². The molecule has 1 fully saturated rings. The fourth-order valence-corrected chi connectivity index (χ4v) is 7.32. The van der Waals surface area contributed by atoms with Gasteiger partial charge in [0, 0.05) is 23.5 Å². The van der Waals surface area contributed by atoms with E-state index in [-0.39, 0.29) is 35.8 Å². The first-order valence-electron chi connectivity index (χ1n) is 14.9. The first-order valence-corrected chi connectivity index (χ1v) is 16.4. The van der Waals surface area contributed by atoms with Gasteiger partial charge in [-0.05, 0) is 84.1 Å². The lowest BCUT2D eigenvalue weighted by Crippen LogP contribution is -2.41. The molecule has 1 aliphatic carbocycles. The first kappa shape index (κ1) is 36.1. The van der Waals surface area contributed by atoms with Crippen molar-refractivity contribution in [3.63, 3.8) is 0 Å². The van der Waals surface area contributed by atoms with E-state index in [1.165, 1.54) is 45.3 Å². The average molecular weight is 657 g/mol. The molecule has 1 heterocycles. The maximum Gasteiger partial charge on any atom is 0.417 e. The highest BCUT2D eigenvalue weighted by Gasteiger charge is 2.40. The first-order chi connectivity index (χ1) is 20.6. The van der Waals surface area contributed by atoms with Gasteiger partial charge >= 0.3 is 12.1 Å². The summed E-state index contributed by atoms with van der Waals surface area (Å²) in [5.41, 5.74) is 2.27. The number of hydrogen-bond acceptors (Lipinski definition) is 5. The predicted molar refractivity (Wildman–Crippen MR) is 163 cm³/mol. The van der Waals surface area contributed by atoms with Crippen molar-refractivity contribution in [2.45, 2.75) is 103 Å². The van der Waals surface area contributed by atoms with Gasteiger partial charge in [0.2, 0.25) is 10.0 Å². The van der Waals surface area contributed by atoms with E-state index in [9.17, 15) is 41.1 Å². The van der Waals surface area contributed by atoms with Crippen LogP contribution in [0.15, 0.2) is 23.1 Å². The number of halogens is 3. The van der Waals surface area contributed by atoms with E-state index in [0.29, 0.717) is 23.7 Å². The minimum atomic E-state index is -5.09. The molecule has 0 spiro atoms. The van der Waals surface area contributed by atoms with Gasteiger partial charge < -0.3 is 20.7 Å². The minimum absolute atomic E-state index is 0.0511. The SMILES string of the molecule is Cc1c(C(=O)NCCC(C)(C)C(=O)O)c(C(N)=O)n(-c2ccc(S(=O)(=O)NC(C)(C)C)c(C(F)(F)F)c2)c1CC1CCCCC1. The van der Waals surface area contributed by atoms with Crippen LogP contribution in [-0.4, -0.2) is 48.0 Å². The summed E-state index contributed by atoms with van der Waals surface area (Å²) in [6.07, 6.45) is 0.0133. The summed E-state index contributed by atoms with van der Waals surface area (Å²) in [6.45, 7) is 9.04. The normalized spacial score (nSPS) is 15.2. The molecule has 0 radical (unpaired) electrons. The van der Waals surface area contributed by atoms with Crippen LogP contribution in [0.1, 0.15) is 111 Å². The Morgan fingerprint density at radius 2 is 1.64 bits per heavy atom. The zero-order valence-corrected chi connectivity index (χ0v) is 27.3. The van der Waals surface area contributed by atoms with Crippen molar-refractivity contribution in [2.24, 2.45) is 17.1 Å². The zero-order valence-electron chi connectivity index (χ0n) is 26.5. The molecule has 1 aliphatic rings. The van der Waals surface area contributed by atoms with E-state index >= 15 is 0 Å². The van der Waals surface area contributed by atoms with Crippen molar-refractivity contribution < 1.29 is 41.1 Å². The van der Waals surface area contributed by atoms with Gasteiger partial charge in [0.05, 0.1) is 21.4 Å². The Labute approximate surface area is 262 Å². The minimum Gasteiger partial charge on any atom is -0.481 e. The van der Waals surface area contributed by atoms with Crippen molar-refractivity contribution in [3.05, 3.63) is 46.3 Å². The third-order valence-corrected chi connectivity index (χ3v) is 9.89. The Kier molecular flexibility index (Phi) is 10.5. The van der Waals surface area contributed by atoms with Gasteiger partial charge in [-0.3, -0.25) is 14.4 Å². The van der Waals surface area contributed by atoms with E-state index in [0.717, 1.165) is 38.2 Å². The number of amides is 2. The molecule has 0 atom stereocenters. The molecule has 0 bridgehead atoms. The van der Waals surface area contributed by atoms with E-state index in [4.69, 9.17) is 5.73 Å². The Balaban J connectivity index is 2.25. The molecule has 250 valence electrons. The van der Waals surface area contributed by atoms with E-state index in [1.54, 1.807) is 6.92 Å². The Morgan fingerprint density at radius 1 is 1.04 bits per heavy atom. The highest BCUT2D eigenvalue weighted by Crippen LogP contribution is 2.38. The molecule has 1 aromatic heterocycles. The number of benzene rings is 1. The van der Waals surface area contributed by atoms with Crippen LogP contribution < -0.4 is 15.8 Å². The largest absolute Gasteiger partial charge is 0.481 e. The van der Waals surface area contributed by atoms with Gasteiger partial charge in [-0.2, -0.15) is 13.2 Å². The number of nitrogens with zero attached hydrogens (tertiary/aromatic N) is 1. The van der Waals surface area contributed by atoms with Crippen LogP contribution in [0.2, 0.25) is 0 Å². The number of carbonyl (C=O) groups excluding carboxylic acids is 2. The number of carbonyl (C=O) groups is 3. The fourth-order valence-electron chi connectivity index (χ4n) is 5.70. The second kappa shape index (κ2) is 13.1. The maximum absolute atomic E-state index is 14.4. The number of hydrogen-bond donors (Lipinski definition) is 4. The van der Waals surface area contributed by atoms with Crippen LogP contribution in [0.5, 0.6) is 0 Å². The van der Waals surface area contributed by atoms with Gasteiger partial charge in [-0.15, -0.1) is 0 Å². The Bertz CT molecular complexity index is 1570. The third-order valence-electron chi connectivity index (χ3n) is 8.08. The molecular formula is C31H43F3N4O6S. The summed E-state index contributed by atoms with van der Waals surface area (Å²) in [5.74, 6) is -2.72. The summed E-state index contributed by atoms with van der Waals surface area (Å²) in [4.78, 5) is 37.0. The molecule has 1 saturated carbocycles. The van der Waals surface area contributed by atoms with Crippen LogP contribution in [0.25, 0.3) is 5.69 Å². The summed E-state index contributed by atoms with van der Waals surface area (Å²) in [6, 6.07) is 2.66. The molecule has 2 amide bonds. The lowest BCUT2D eigenvalue weighted by molar-refractivity contribution is -0.147. The third kappa shape index (κ3) is 8.46. The maximum atomic E-state index is 14.4. The number of carboxylic acids is 1. The lowest BCUT2D eigenvalue weighted by atomic mass is 9.85. The number of carboxylic acid groups (broad SMARTS) is 1. The predicted octanol–water partition coefficient (Wildman–Crippen LogP) is 5.33. The summed E-state index contributed by atoms with van der Waals surface area (Å²) >= 11 is 0. The van der Waals surface area contributed by atoms with Gasteiger partial charge in [0.1, 0.15) is 5.69 Å². The van der Waals surface area contributed by atoms with Gasteiger partial charge in [0.15, 0.2) is 0 Å². The molecule has 10 nitrogen and oxygen atoms in total. The van der Waals surface area contributed by atoms with E-state index < -0.39 is 55.4 Å². The standard InChI is InChI=1S/C31H43F3N4O6S/c1-18-22(16-19-10-8-7-9-11-19)38(25(26(35)39)24(18)27(40)36-15-14-30(5,6)28(41)42)20-12-13-23(21(17-20)31(32,33)34)45(43,44)37-29(2,3)4/h12-13,17,19,37H,7-11,14-16H2,1-6H3,(H2,35,39)(H,36,40)(H,41,42). The molecule has 0 unspecified atom stereocenters. The number of nitrogens with one attached hydrogen (secondary N) is 2. The van der Waals surface area contributed by atoms with Crippen LogP contribution in [0, 0.1) is 18.3 Å². The molecule has 14 heteroatoms. The monoisotopic (exact) mass is 656 g/mol. The molecule has 2 aromatic rings. The highest BCUT2D eigenvalue weighted by molar-refractivity contribution is 7.89. The summed E-state index contributed by atoms with van der Waals surface area (Å²) < 4.78 is 72.9. The number of nitrogens with two attached hydrogens (primary N) is 1. The number of sulfonamides is 1. The lowest BCUT2D eigenvalue weighted by Gasteiger charge is -2.24. The smallest absolute Gasteiger partial charge is 0.417 e. The quantitative estimate of drug-likeness (QED) is 0.256. The fraction of sp³-hybridized carbons (Fsp3) is 0.581. The molecule has 3 rings (SSSR count). The van der Waals surface area contributed by atoms with Gasteiger partial charge in [-0.25, -0.2) is 13.1 Å². The van der Waals surface area contributed by atoms with Crippen molar-refractivity contribution in [1.29, 1.82) is 0 Å². The summed E-state index contributed by atoms with van der Waals surface area (Å²) in [7, 11) is -4.61. The number of rotatable bonds is 11. The Morgan fingerprint density at radius 3 is 2.16 bits per heavy atom. The molecule has 0 saturated heterocycles. The number of aliphatic carboxylic acids is 1. The van der Waals surface area contributed by atoms with Crippen LogP contribution >= 0.6 is 0 Å². The second-order valence-corrected chi connectivity index (χ2v) is 15.1. The highest BCUT2D eigenvalue weighted by atomic mass is 32.2.